The van der Waals surface area contributed by atoms with E-state index in [1.165, 1.54) is 25.7 Å². The van der Waals surface area contributed by atoms with Gasteiger partial charge >= 0.3 is 0 Å². The standard InChI is InChI=1S/C14H21BrN2O/c1-2-3-4-5-6-7-8-14(18)17-12-9-10-13(15)16-11-12/h9-11H,2-8H2,1H3,(H,17,18). The molecule has 4 heteroatoms. The molecule has 1 heterocycles. The van der Waals surface area contributed by atoms with Crippen LogP contribution in [0.4, 0.5) is 5.69 Å². The summed E-state index contributed by atoms with van der Waals surface area (Å²) in [5.74, 6) is 0.0783. The zero-order valence-electron chi connectivity index (χ0n) is 10.9. The van der Waals surface area contributed by atoms with Crippen molar-refractivity contribution in [3.63, 3.8) is 0 Å². The highest BCUT2D eigenvalue weighted by Crippen LogP contribution is 2.12. The van der Waals surface area contributed by atoms with Crippen molar-refractivity contribution in [3.05, 3.63) is 22.9 Å². The predicted octanol–water partition coefficient (Wildman–Crippen LogP) is 4.53. The number of unbranched alkanes of at least 4 members (excludes halogenated alkanes) is 5. The number of pyridine rings is 1. The summed E-state index contributed by atoms with van der Waals surface area (Å²) in [6.45, 7) is 2.21. The summed E-state index contributed by atoms with van der Waals surface area (Å²) in [5, 5.41) is 2.85. The van der Waals surface area contributed by atoms with Crippen LogP contribution in [0.2, 0.25) is 0 Å². The molecular weight excluding hydrogens is 292 g/mol. The van der Waals surface area contributed by atoms with Gasteiger partial charge in [-0.2, -0.15) is 0 Å². The quantitative estimate of drug-likeness (QED) is 0.566. The van der Waals surface area contributed by atoms with Gasteiger partial charge in [-0.05, 0) is 34.5 Å². The third-order valence-electron chi connectivity index (χ3n) is 2.77. The average molecular weight is 313 g/mol. The van der Waals surface area contributed by atoms with Gasteiger partial charge in [0.1, 0.15) is 4.60 Å². The minimum absolute atomic E-state index is 0.0783. The van der Waals surface area contributed by atoms with Crippen molar-refractivity contribution in [2.24, 2.45) is 0 Å². The Kier molecular flexibility index (Phi) is 7.65. The van der Waals surface area contributed by atoms with Crippen molar-refractivity contribution in [3.8, 4) is 0 Å². The Balaban J connectivity index is 2.12. The van der Waals surface area contributed by atoms with E-state index in [1.54, 1.807) is 6.20 Å². The van der Waals surface area contributed by atoms with Gasteiger partial charge in [-0.1, -0.05) is 39.0 Å². The van der Waals surface area contributed by atoms with E-state index in [4.69, 9.17) is 0 Å². The first-order valence-electron chi connectivity index (χ1n) is 6.63. The number of nitrogens with one attached hydrogen (secondary N) is 1. The van der Waals surface area contributed by atoms with Crippen LogP contribution in [0.15, 0.2) is 22.9 Å². The number of aromatic nitrogens is 1. The predicted molar refractivity (Wildman–Crippen MR) is 78.6 cm³/mol. The second-order valence-corrected chi connectivity index (χ2v) is 5.25. The van der Waals surface area contributed by atoms with Crippen LogP contribution in [0.1, 0.15) is 51.9 Å². The minimum Gasteiger partial charge on any atom is -0.325 e. The van der Waals surface area contributed by atoms with Crippen molar-refractivity contribution in [2.45, 2.75) is 51.9 Å². The molecule has 0 radical (unpaired) electrons. The van der Waals surface area contributed by atoms with E-state index >= 15 is 0 Å². The molecule has 0 aliphatic rings. The first-order valence-corrected chi connectivity index (χ1v) is 7.43. The molecule has 1 aromatic rings. The summed E-state index contributed by atoms with van der Waals surface area (Å²) in [4.78, 5) is 15.7. The molecule has 1 rings (SSSR count). The Morgan fingerprint density at radius 1 is 1.22 bits per heavy atom. The van der Waals surface area contributed by atoms with E-state index in [1.807, 2.05) is 12.1 Å². The van der Waals surface area contributed by atoms with Gasteiger partial charge in [0.15, 0.2) is 0 Å². The Morgan fingerprint density at radius 3 is 2.61 bits per heavy atom. The molecule has 0 atom stereocenters. The van der Waals surface area contributed by atoms with Crippen molar-refractivity contribution in [2.75, 3.05) is 5.32 Å². The highest BCUT2D eigenvalue weighted by molar-refractivity contribution is 9.10. The average Bonchev–Trinajstić information content (AvgIpc) is 2.36. The van der Waals surface area contributed by atoms with E-state index in [9.17, 15) is 4.79 Å². The fourth-order valence-corrected chi connectivity index (χ4v) is 1.97. The molecule has 18 heavy (non-hydrogen) atoms. The van der Waals surface area contributed by atoms with Crippen LogP contribution in [0.25, 0.3) is 0 Å². The summed E-state index contributed by atoms with van der Waals surface area (Å²) < 4.78 is 0.774. The van der Waals surface area contributed by atoms with Gasteiger partial charge in [0, 0.05) is 6.42 Å². The Hall–Kier alpha value is -0.900. The van der Waals surface area contributed by atoms with Crippen LogP contribution in [-0.2, 0) is 4.79 Å². The third-order valence-corrected chi connectivity index (χ3v) is 3.24. The fraction of sp³-hybridized carbons (Fsp3) is 0.571. The number of hydrogen-bond donors (Lipinski definition) is 1. The topological polar surface area (TPSA) is 42.0 Å². The molecule has 0 bridgehead atoms. The largest absolute Gasteiger partial charge is 0.325 e. The highest BCUT2D eigenvalue weighted by atomic mass is 79.9. The zero-order valence-corrected chi connectivity index (χ0v) is 12.5. The fourth-order valence-electron chi connectivity index (χ4n) is 1.74. The molecule has 1 amide bonds. The van der Waals surface area contributed by atoms with E-state index in [-0.39, 0.29) is 5.91 Å². The van der Waals surface area contributed by atoms with Crippen LogP contribution >= 0.6 is 15.9 Å². The van der Waals surface area contributed by atoms with E-state index < -0.39 is 0 Å². The maximum Gasteiger partial charge on any atom is 0.224 e. The zero-order chi connectivity index (χ0) is 13.2. The molecule has 0 saturated carbocycles. The summed E-state index contributed by atoms with van der Waals surface area (Å²) in [6, 6.07) is 3.66. The molecule has 0 spiro atoms. The lowest BCUT2D eigenvalue weighted by Crippen LogP contribution is -2.11. The number of carbonyl (C=O) groups excluding carboxylic acids is 1. The number of hydrogen-bond acceptors (Lipinski definition) is 2. The Labute approximate surface area is 118 Å². The van der Waals surface area contributed by atoms with E-state index in [2.05, 4.69) is 33.2 Å². The van der Waals surface area contributed by atoms with Crippen molar-refractivity contribution < 1.29 is 4.79 Å². The summed E-state index contributed by atoms with van der Waals surface area (Å²) >= 11 is 3.26. The molecular formula is C14H21BrN2O. The first kappa shape index (κ1) is 15.2. The maximum atomic E-state index is 11.6. The molecule has 0 aliphatic heterocycles. The molecule has 1 aromatic heterocycles. The van der Waals surface area contributed by atoms with Gasteiger partial charge < -0.3 is 5.32 Å². The highest BCUT2D eigenvalue weighted by Gasteiger charge is 2.02. The van der Waals surface area contributed by atoms with Gasteiger partial charge in [0.05, 0.1) is 11.9 Å². The molecule has 100 valence electrons. The van der Waals surface area contributed by atoms with Crippen molar-refractivity contribution >= 4 is 27.5 Å². The van der Waals surface area contributed by atoms with E-state index in [0.29, 0.717) is 6.42 Å². The summed E-state index contributed by atoms with van der Waals surface area (Å²) in [6.07, 6.45) is 9.46. The molecule has 0 saturated heterocycles. The lowest BCUT2D eigenvalue weighted by Gasteiger charge is -2.04. The van der Waals surface area contributed by atoms with Crippen LogP contribution < -0.4 is 5.32 Å². The van der Waals surface area contributed by atoms with Crippen molar-refractivity contribution in [1.82, 2.24) is 4.98 Å². The number of rotatable bonds is 8. The molecule has 1 N–H and O–H groups in total. The van der Waals surface area contributed by atoms with Gasteiger partial charge in [0.2, 0.25) is 5.91 Å². The van der Waals surface area contributed by atoms with Crippen LogP contribution in [0, 0.1) is 0 Å². The van der Waals surface area contributed by atoms with Gasteiger partial charge in [-0.25, -0.2) is 4.98 Å². The van der Waals surface area contributed by atoms with Gasteiger partial charge in [0.25, 0.3) is 0 Å². The molecule has 0 fully saturated rings. The number of halogens is 1. The smallest absolute Gasteiger partial charge is 0.224 e. The second kappa shape index (κ2) is 9.09. The van der Waals surface area contributed by atoms with E-state index in [0.717, 1.165) is 23.1 Å². The summed E-state index contributed by atoms with van der Waals surface area (Å²) in [7, 11) is 0. The normalized spacial score (nSPS) is 10.3. The van der Waals surface area contributed by atoms with Crippen LogP contribution in [-0.4, -0.2) is 10.9 Å². The third kappa shape index (κ3) is 6.74. The lowest BCUT2D eigenvalue weighted by atomic mass is 10.1. The Morgan fingerprint density at radius 2 is 1.94 bits per heavy atom. The second-order valence-electron chi connectivity index (χ2n) is 4.44. The molecule has 3 nitrogen and oxygen atoms in total. The lowest BCUT2D eigenvalue weighted by molar-refractivity contribution is -0.116. The number of nitrogens with zero attached hydrogens (tertiary/aromatic N) is 1. The van der Waals surface area contributed by atoms with Gasteiger partial charge in [-0.15, -0.1) is 0 Å². The molecule has 0 unspecified atom stereocenters. The minimum atomic E-state index is 0.0783. The summed E-state index contributed by atoms with van der Waals surface area (Å²) in [5.41, 5.74) is 0.759. The Bertz CT molecular complexity index is 351. The number of carbonyl (C=O) groups is 1. The monoisotopic (exact) mass is 312 g/mol. The number of amides is 1. The number of anilines is 1. The maximum absolute atomic E-state index is 11.6. The van der Waals surface area contributed by atoms with Crippen LogP contribution in [0.5, 0.6) is 0 Å². The van der Waals surface area contributed by atoms with Crippen molar-refractivity contribution in [1.29, 1.82) is 0 Å². The van der Waals surface area contributed by atoms with Gasteiger partial charge in [-0.3, -0.25) is 4.79 Å². The SMILES string of the molecule is CCCCCCCCC(=O)Nc1ccc(Br)nc1. The van der Waals surface area contributed by atoms with Crippen LogP contribution in [0.3, 0.4) is 0 Å². The molecule has 0 aliphatic carbocycles. The first-order chi connectivity index (χ1) is 8.72. The molecule has 0 aromatic carbocycles.